The number of carbonyl (C=O) groups is 3. The molecule has 210 valence electrons. The molecule has 1 fully saturated rings. The lowest BCUT2D eigenvalue weighted by molar-refractivity contribution is -0.139. The van der Waals surface area contributed by atoms with Gasteiger partial charge in [0.1, 0.15) is 11.9 Å². The molecule has 2 N–H and O–H groups in total. The van der Waals surface area contributed by atoms with Crippen molar-refractivity contribution in [2.24, 2.45) is 0 Å². The second-order valence-electron chi connectivity index (χ2n) is 10.3. The van der Waals surface area contributed by atoms with Crippen molar-refractivity contribution in [1.29, 1.82) is 0 Å². The van der Waals surface area contributed by atoms with E-state index in [2.05, 4.69) is 15.5 Å². The summed E-state index contributed by atoms with van der Waals surface area (Å²) in [4.78, 5) is 59.1. The molecule has 12 nitrogen and oxygen atoms in total. The number of nitrogens with zero attached hydrogens (tertiary/aromatic N) is 6. The van der Waals surface area contributed by atoms with Crippen molar-refractivity contribution in [3.05, 3.63) is 64.3 Å². The van der Waals surface area contributed by atoms with Gasteiger partial charge in [-0.1, -0.05) is 30.3 Å². The molecular formula is C28H34N8O4. The molecule has 0 radical (unpaired) electrons. The number of nitrogens with one attached hydrogen (secondary N) is 2. The van der Waals surface area contributed by atoms with Crippen molar-refractivity contribution in [3.63, 3.8) is 0 Å². The van der Waals surface area contributed by atoms with E-state index in [4.69, 9.17) is 10.1 Å². The molecule has 0 saturated carbocycles. The van der Waals surface area contributed by atoms with Crippen molar-refractivity contribution in [1.82, 2.24) is 40.1 Å². The number of aromatic nitrogens is 5. The van der Waals surface area contributed by atoms with Gasteiger partial charge in [0, 0.05) is 50.5 Å². The zero-order valence-corrected chi connectivity index (χ0v) is 22.6. The van der Waals surface area contributed by atoms with E-state index in [9.17, 15) is 19.2 Å². The lowest BCUT2D eigenvalue weighted by atomic mass is 10.1. The number of aryl methyl sites for hydroxylation is 1. The normalized spacial score (nSPS) is 20.4. The average molecular weight is 547 g/mol. The van der Waals surface area contributed by atoms with E-state index >= 15 is 0 Å². The first-order valence-electron chi connectivity index (χ1n) is 13.8. The van der Waals surface area contributed by atoms with Crippen LogP contribution in [0.1, 0.15) is 56.6 Å². The summed E-state index contributed by atoms with van der Waals surface area (Å²) in [5.74, 6) is 0.809. The molecule has 2 aliphatic rings. The number of H-pyrrole nitrogens is 1. The van der Waals surface area contributed by atoms with Gasteiger partial charge in [0.15, 0.2) is 5.82 Å². The molecule has 0 bridgehead atoms. The SMILES string of the molecule is C[C@@H]1NC(=O)[C@@H]2CCCN2C(=O)CCCN(C(=O)CCc2ccc(=O)[nH]n2)CCn2nc(-c3ccccc3)nc21. The molecule has 3 amide bonds. The fourth-order valence-electron chi connectivity index (χ4n) is 5.31. The largest absolute Gasteiger partial charge is 0.345 e. The van der Waals surface area contributed by atoms with Crippen LogP contribution in [0.4, 0.5) is 0 Å². The number of amides is 3. The van der Waals surface area contributed by atoms with Gasteiger partial charge in [0.2, 0.25) is 17.7 Å². The molecule has 2 aliphatic heterocycles. The van der Waals surface area contributed by atoms with Gasteiger partial charge in [-0.15, -0.1) is 0 Å². The third-order valence-corrected chi connectivity index (χ3v) is 7.44. The third kappa shape index (κ3) is 6.27. The zero-order chi connectivity index (χ0) is 28.1. The first kappa shape index (κ1) is 27.2. The van der Waals surface area contributed by atoms with E-state index in [-0.39, 0.29) is 36.1 Å². The predicted molar refractivity (Wildman–Crippen MR) is 146 cm³/mol. The van der Waals surface area contributed by atoms with Crippen LogP contribution in [0.15, 0.2) is 47.3 Å². The zero-order valence-electron chi connectivity index (χ0n) is 22.6. The second kappa shape index (κ2) is 12.2. The fourth-order valence-corrected chi connectivity index (χ4v) is 5.31. The molecule has 3 aromatic rings. The molecule has 2 aromatic heterocycles. The smallest absolute Gasteiger partial charge is 0.264 e. The first-order valence-corrected chi connectivity index (χ1v) is 13.8. The Kier molecular flexibility index (Phi) is 8.32. The molecule has 2 atom stereocenters. The highest BCUT2D eigenvalue weighted by molar-refractivity contribution is 5.88. The number of fused-ring (bicyclic) bond motifs is 2. The number of benzene rings is 1. The molecule has 40 heavy (non-hydrogen) atoms. The highest BCUT2D eigenvalue weighted by atomic mass is 16.2. The van der Waals surface area contributed by atoms with E-state index in [1.807, 2.05) is 37.3 Å². The summed E-state index contributed by atoms with van der Waals surface area (Å²) in [6.07, 6.45) is 2.74. The van der Waals surface area contributed by atoms with E-state index in [0.29, 0.717) is 62.8 Å². The molecule has 0 aliphatic carbocycles. The van der Waals surface area contributed by atoms with Crippen LogP contribution in [0.2, 0.25) is 0 Å². The van der Waals surface area contributed by atoms with Crippen LogP contribution in [0.3, 0.4) is 0 Å². The maximum atomic E-state index is 13.3. The summed E-state index contributed by atoms with van der Waals surface area (Å²) in [6, 6.07) is 11.7. The highest BCUT2D eigenvalue weighted by Gasteiger charge is 2.35. The van der Waals surface area contributed by atoms with E-state index in [1.54, 1.807) is 20.5 Å². The quantitative estimate of drug-likeness (QED) is 0.504. The minimum atomic E-state index is -0.509. The molecule has 4 heterocycles. The van der Waals surface area contributed by atoms with Crippen LogP contribution < -0.4 is 10.9 Å². The van der Waals surface area contributed by atoms with Gasteiger partial charge in [0.05, 0.1) is 18.3 Å². The lowest BCUT2D eigenvalue weighted by Crippen LogP contribution is -2.47. The van der Waals surface area contributed by atoms with Gasteiger partial charge in [-0.3, -0.25) is 19.2 Å². The molecule has 5 rings (SSSR count). The van der Waals surface area contributed by atoms with Crippen LogP contribution in [0.5, 0.6) is 0 Å². The maximum absolute atomic E-state index is 13.3. The Labute approximate surface area is 231 Å². The van der Waals surface area contributed by atoms with Crippen LogP contribution in [-0.4, -0.2) is 78.2 Å². The monoisotopic (exact) mass is 546 g/mol. The van der Waals surface area contributed by atoms with Crippen LogP contribution in [-0.2, 0) is 27.3 Å². The second-order valence-corrected chi connectivity index (χ2v) is 10.3. The van der Waals surface area contributed by atoms with Crippen molar-refractivity contribution in [2.75, 3.05) is 19.6 Å². The molecule has 0 unspecified atom stereocenters. The fraction of sp³-hybridized carbons (Fsp3) is 0.464. The van der Waals surface area contributed by atoms with Crippen molar-refractivity contribution < 1.29 is 14.4 Å². The summed E-state index contributed by atoms with van der Waals surface area (Å²) < 4.78 is 1.76. The van der Waals surface area contributed by atoms with Gasteiger partial charge < -0.3 is 15.1 Å². The van der Waals surface area contributed by atoms with Gasteiger partial charge in [0.25, 0.3) is 5.56 Å². The summed E-state index contributed by atoms with van der Waals surface area (Å²) >= 11 is 0. The first-order chi connectivity index (χ1) is 19.4. The van der Waals surface area contributed by atoms with E-state index in [0.717, 1.165) is 12.0 Å². The Balaban J connectivity index is 1.40. The number of hydrogen-bond acceptors (Lipinski definition) is 7. The molecule has 1 aromatic carbocycles. The number of aromatic amines is 1. The molecule has 0 spiro atoms. The summed E-state index contributed by atoms with van der Waals surface area (Å²) in [7, 11) is 0. The summed E-state index contributed by atoms with van der Waals surface area (Å²) in [6.45, 7) is 3.55. The standard InChI is InChI=1S/C28H34N8O4/c1-19-27-30-26(20-7-3-2-4-8-20)33-36(27)18-17-34(24(38)14-12-21-11-13-23(37)32-31-21)15-6-10-25(39)35-16-5-9-22(35)28(40)29-19/h2-4,7-8,11,13,19,22H,5-6,9-10,12,14-18H2,1H3,(H,29,40)(H,32,37)/t19-,22-/m0/s1. The highest BCUT2D eigenvalue weighted by Crippen LogP contribution is 2.23. The van der Waals surface area contributed by atoms with Gasteiger partial charge in [-0.25, -0.2) is 14.8 Å². The summed E-state index contributed by atoms with van der Waals surface area (Å²) in [5.41, 5.74) is 1.19. The Morgan fingerprint density at radius 3 is 2.60 bits per heavy atom. The minimum Gasteiger partial charge on any atom is -0.345 e. The predicted octanol–water partition coefficient (Wildman–Crippen LogP) is 1.45. The number of hydrogen-bond donors (Lipinski definition) is 2. The van der Waals surface area contributed by atoms with Crippen molar-refractivity contribution in [3.8, 4) is 11.4 Å². The number of carbonyl (C=O) groups excluding carboxylic acids is 3. The Morgan fingerprint density at radius 2 is 1.82 bits per heavy atom. The topological polar surface area (TPSA) is 146 Å². The lowest BCUT2D eigenvalue weighted by Gasteiger charge is -2.28. The van der Waals surface area contributed by atoms with Gasteiger partial charge in [-0.05, 0) is 32.3 Å². The average Bonchev–Trinajstić information content (AvgIpc) is 3.62. The molecule has 12 heteroatoms. The van der Waals surface area contributed by atoms with Crippen molar-refractivity contribution >= 4 is 17.7 Å². The maximum Gasteiger partial charge on any atom is 0.264 e. The van der Waals surface area contributed by atoms with E-state index < -0.39 is 12.1 Å². The molecule has 1 saturated heterocycles. The third-order valence-electron chi connectivity index (χ3n) is 7.44. The Morgan fingerprint density at radius 1 is 1.00 bits per heavy atom. The van der Waals surface area contributed by atoms with Crippen molar-refractivity contribution in [2.45, 2.75) is 64.1 Å². The van der Waals surface area contributed by atoms with E-state index in [1.165, 1.54) is 6.07 Å². The number of rotatable bonds is 4. The minimum absolute atomic E-state index is 0.0678. The molecular weight excluding hydrogens is 512 g/mol. The van der Waals surface area contributed by atoms with Crippen LogP contribution >= 0.6 is 0 Å². The van der Waals surface area contributed by atoms with Crippen LogP contribution in [0, 0.1) is 0 Å². The van der Waals surface area contributed by atoms with Gasteiger partial charge in [-0.2, -0.15) is 10.2 Å². The summed E-state index contributed by atoms with van der Waals surface area (Å²) in [5, 5.41) is 14.2. The van der Waals surface area contributed by atoms with Crippen LogP contribution in [0.25, 0.3) is 11.4 Å². The Bertz CT molecular complexity index is 1400. The van der Waals surface area contributed by atoms with Gasteiger partial charge >= 0.3 is 0 Å². The Hall–Kier alpha value is -4.35.